The predicted octanol–water partition coefficient (Wildman–Crippen LogP) is 2.79. The zero-order chi connectivity index (χ0) is 13.2. The summed E-state index contributed by atoms with van der Waals surface area (Å²) in [5, 5.41) is 4.81. The van der Waals surface area contributed by atoms with Crippen molar-refractivity contribution in [3.05, 3.63) is 40.5 Å². The molecule has 2 aromatic rings. The molecule has 100 valence electrons. The monoisotopic (exact) mass is 319 g/mol. The van der Waals surface area contributed by atoms with Crippen LogP contribution in [0.4, 0.5) is 0 Å². The molecule has 2 heterocycles. The molecular formula is C15H18BrN3. The first-order chi connectivity index (χ1) is 9.20. The second-order valence-corrected chi connectivity index (χ2v) is 6.23. The van der Waals surface area contributed by atoms with E-state index in [0.717, 1.165) is 23.1 Å². The Morgan fingerprint density at radius 3 is 3.11 bits per heavy atom. The van der Waals surface area contributed by atoms with Gasteiger partial charge in [-0.25, -0.2) is 0 Å². The van der Waals surface area contributed by atoms with Crippen LogP contribution >= 0.6 is 15.9 Å². The molecule has 1 fully saturated rings. The molecule has 1 aliphatic heterocycles. The standard InChI is InChI=1S/C15H18BrN3/c1-19-5-4-14(10-19)17-8-11-6-12-7-13(16)2-3-15(12)18-9-11/h2-3,6-7,9,14,17H,4-5,8,10H2,1H3. The highest BCUT2D eigenvalue weighted by Crippen LogP contribution is 2.19. The number of halogens is 1. The molecule has 19 heavy (non-hydrogen) atoms. The minimum atomic E-state index is 0.614. The van der Waals surface area contributed by atoms with Crippen molar-refractivity contribution < 1.29 is 0 Å². The first-order valence-electron chi connectivity index (χ1n) is 6.67. The van der Waals surface area contributed by atoms with Gasteiger partial charge in [-0.3, -0.25) is 4.98 Å². The average molecular weight is 320 g/mol. The third-order valence-corrected chi connectivity index (χ3v) is 4.18. The highest BCUT2D eigenvalue weighted by molar-refractivity contribution is 9.10. The fourth-order valence-corrected chi connectivity index (χ4v) is 2.99. The number of nitrogens with one attached hydrogen (secondary N) is 1. The Labute approximate surface area is 122 Å². The van der Waals surface area contributed by atoms with E-state index in [4.69, 9.17) is 0 Å². The van der Waals surface area contributed by atoms with Crippen LogP contribution in [0, 0.1) is 0 Å². The van der Waals surface area contributed by atoms with E-state index < -0.39 is 0 Å². The third-order valence-electron chi connectivity index (χ3n) is 3.69. The van der Waals surface area contributed by atoms with Crippen LogP contribution in [0.5, 0.6) is 0 Å². The molecule has 1 atom stereocenters. The molecule has 1 aromatic carbocycles. The van der Waals surface area contributed by atoms with Gasteiger partial charge in [-0.15, -0.1) is 0 Å². The van der Waals surface area contributed by atoms with Crippen LogP contribution in [0.2, 0.25) is 0 Å². The Morgan fingerprint density at radius 2 is 2.32 bits per heavy atom. The molecule has 0 bridgehead atoms. The minimum absolute atomic E-state index is 0.614. The second-order valence-electron chi connectivity index (χ2n) is 5.31. The number of pyridine rings is 1. The maximum absolute atomic E-state index is 4.51. The zero-order valence-corrected chi connectivity index (χ0v) is 12.7. The molecular weight excluding hydrogens is 302 g/mol. The number of likely N-dealkylation sites (N-methyl/N-ethyl adjacent to an activating group) is 1. The van der Waals surface area contributed by atoms with Crippen molar-refractivity contribution in [2.45, 2.75) is 19.0 Å². The number of aromatic nitrogens is 1. The van der Waals surface area contributed by atoms with Gasteiger partial charge in [0.2, 0.25) is 0 Å². The number of hydrogen-bond donors (Lipinski definition) is 1. The van der Waals surface area contributed by atoms with Crippen LogP contribution in [0.25, 0.3) is 10.9 Å². The molecule has 0 radical (unpaired) electrons. The van der Waals surface area contributed by atoms with Gasteiger partial charge >= 0.3 is 0 Å². The Balaban J connectivity index is 1.70. The lowest BCUT2D eigenvalue weighted by molar-refractivity contribution is 0.397. The average Bonchev–Trinajstić information content (AvgIpc) is 2.81. The number of rotatable bonds is 3. The molecule has 0 spiro atoms. The van der Waals surface area contributed by atoms with Crippen LogP contribution < -0.4 is 5.32 Å². The third kappa shape index (κ3) is 3.14. The molecule has 0 saturated carbocycles. The first-order valence-corrected chi connectivity index (χ1v) is 7.46. The van der Waals surface area contributed by atoms with E-state index in [1.54, 1.807) is 0 Å². The maximum Gasteiger partial charge on any atom is 0.0702 e. The normalized spacial score (nSPS) is 20.2. The summed E-state index contributed by atoms with van der Waals surface area (Å²) in [6.45, 7) is 3.24. The van der Waals surface area contributed by atoms with E-state index in [-0.39, 0.29) is 0 Å². The lowest BCUT2D eigenvalue weighted by Gasteiger charge is -2.13. The molecule has 1 aliphatic rings. The highest BCUT2D eigenvalue weighted by atomic mass is 79.9. The topological polar surface area (TPSA) is 28.2 Å². The summed E-state index contributed by atoms with van der Waals surface area (Å²) >= 11 is 3.51. The Hall–Kier alpha value is -0.970. The number of benzene rings is 1. The molecule has 3 rings (SSSR count). The Bertz CT molecular complexity index is 585. The van der Waals surface area contributed by atoms with Crippen LogP contribution in [0.1, 0.15) is 12.0 Å². The second kappa shape index (κ2) is 5.57. The van der Waals surface area contributed by atoms with Gasteiger partial charge in [-0.1, -0.05) is 15.9 Å². The van der Waals surface area contributed by atoms with Gasteiger partial charge in [-0.2, -0.15) is 0 Å². The van der Waals surface area contributed by atoms with Crippen molar-refractivity contribution >= 4 is 26.8 Å². The highest BCUT2D eigenvalue weighted by Gasteiger charge is 2.18. The van der Waals surface area contributed by atoms with Crippen LogP contribution in [-0.2, 0) is 6.54 Å². The molecule has 1 N–H and O–H groups in total. The van der Waals surface area contributed by atoms with Crippen molar-refractivity contribution in [2.24, 2.45) is 0 Å². The van der Waals surface area contributed by atoms with Crippen LogP contribution in [-0.4, -0.2) is 36.1 Å². The summed E-state index contributed by atoms with van der Waals surface area (Å²) in [6, 6.07) is 9.03. The van der Waals surface area contributed by atoms with Crippen molar-refractivity contribution in [3.8, 4) is 0 Å². The Kier molecular flexibility index (Phi) is 3.82. The SMILES string of the molecule is CN1CCC(NCc2cnc3ccc(Br)cc3c2)C1. The summed E-state index contributed by atoms with van der Waals surface area (Å²) in [7, 11) is 2.18. The summed E-state index contributed by atoms with van der Waals surface area (Å²) in [5.41, 5.74) is 2.30. The van der Waals surface area contributed by atoms with Crippen LogP contribution in [0.3, 0.4) is 0 Å². The lowest BCUT2D eigenvalue weighted by Crippen LogP contribution is -2.30. The molecule has 0 amide bonds. The lowest BCUT2D eigenvalue weighted by atomic mass is 10.1. The number of likely N-dealkylation sites (tertiary alicyclic amines) is 1. The van der Waals surface area contributed by atoms with Crippen molar-refractivity contribution in [3.63, 3.8) is 0 Å². The van der Waals surface area contributed by atoms with Gasteiger partial charge in [0.05, 0.1) is 5.52 Å². The van der Waals surface area contributed by atoms with Gasteiger partial charge in [0.25, 0.3) is 0 Å². The quantitative estimate of drug-likeness (QED) is 0.943. The van der Waals surface area contributed by atoms with Crippen molar-refractivity contribution in [1.82, 2.24) is 15.2 Å². The van der Waals surface area contributed by atoms with Gasteiger partial charge in [0.1, 0.15) is 0 Å². The van der Waals surface area contributed by atoms with E-state index in [1.165, 1.54) is 23.9 Å². The summed E-state index contributed by atoms with van der Waals surface area (Å²) < 4.78 is 1.10. The van der Waals surface area contributed by atoms with Gasteiger partial charge in [0, 0.05) is 35.2 Å². The Morgan fingerprint density at radius 1 is 1.42 bits per heavy atom. The number of hydrogen-bond acceptors (Lipinski definition) is 3. The number of nitrogens with zero attached hydrogens (tertiary/aromatic N) is 2. The zero-order valence-electron chi connectivity index (χ0n) is 11.1. The molecule has 1 aromatic heterocycles. The molecule has 4 heteroatoms. The summed E-state index contributed by atoms with van der Waals surface area (Å²) in [4.78, 5) is 6.88. The van der Waals surface area contributed by atoms with Gasteiger partial charge < -0.3 is 10.2 Å². The van der Waals surface area contributed by atoms with E-state index in [1.807, 2.05) is 18.3 Å². The first kappa shape index (κ1) is 13.0. The van der Waals surface area contributed by atoms with E-state index in [2.05, 4.69) is 50.3 Å². The molecule has 0 aliphatic carbocycles. The minimum Gasteiger partial charge on any atom is -0.309 e. The van der Waals surface area contributed by atoms with E-state index in [0.29, 0.717) is 6.04 Å². The van der Waals surface area contributed by atoms with Crippen molar-refractivity contribution in [2.75, 3.05) is 20.1 Å². The van der Waals surface area contributed by atoms with E-state index >= 15 is 0 Å². The van der Waals surface area contributed by atoms with Crippen molar-refractivity contribution in [1.29, 1.82) is 0 Å². The largest absolute Gasteiger partial charge is 0.309 e. The van der Waals surface area contributed by atoms with Gasteiger partial charge in [0.15, 0.2) is 0 Å². The molecule has 1 unspecified atom stereocenters. The maximum atomic E-state index is 4.51. The van der Waals surface area contributed by atoms with Gasteiger partial charge in [-0.05, 0) is 49.8 Å². The fraction of sp³-hybridized carbons (Fsp3) is 0.400. The smallest absolute Gasteiger partial charge is 0.0702 e. The summed E-state index contributed by atoms with van der Waals surface area (Å²) in [6.07, 6.45) is 3.21. The van der Waals surface area contributed by atoms with Crippen LogP contribution in [0.15, 0.2) is 34.9 Å². The van der Waals surface area contributed by atoms with E-state index in [9.17, 15) is 0 Å². The molecule has 1 saturated heterocycles. The predicted molar refractivity (Wildman–Crippen MR) is 82.2 cm³/mol. The fourth-order valence-electron chi connectivity index (χ4n) is 2.61. The summed E-state index contributed by atoms with van der Waals surface area (Å²) in [5.74, 6) is 0. The molecule has 3 nitrogen and oxygen atoms in total. The number of fused-ring (bicyclic) bond motifs is 1.